The number of hydrogen-bond acceptors (Lipinski definition) is 2. The Morgan fingerprint density at radius 3 is 2.38 bits per heavy atom. The van der Waals surface area contributed by atoms with Crippen LogP contribution in [0.1, 0.15) is 38.5 Å². The van der Waals surface area contributed by atoms with E-state index in [0.29, 0.717) is 11.0 Å². The molecule has 0 spiro atoms. The topological polar surface area (TPSA) is 26.0 Å². The zero-order chi connectivity index (χ0) is 8.94. The van der Waals surface area contributed by atoms with Gasteiger partial charge in [-0.3, -0.25) is 0 Å². The Hall–Kier alpha value is 0.310. The summed E-state index contributed by atoms with van der Waals surface area (Å²) in [5.41, 5.74) is 7.34. The fourth-order valence-corrected chi connectivity index (χ4v) is 4.56. The molecule has 0 aromatic rings. The highest BCUT2D eigenvalue weighted by Gasteiger charge is 2.66. The Balaban J connectivity index is 1.75. The lowest BCUT2D eigenvalue weighted by Gasteiger charge is -2.34. The van der Waals surface area contributed by atoms with E-state index in [4.69, 9.17) is 5.73 Å². The summed E-state index contributed by atoms with van der Waals surface area (Å²) < 4.78 is 0. The molecule has 3 fully saturated rings. The zero-order valence-electron chi connectivity index (χ0n) is 8.22. The van der Waals surface area contributed by atoms with Crippen molar-refractivity contribution in [2.75, 3.05) is 11.5 Å². The minimum atomic E-state index is 0.301. The summed E-state index contributed by atoms with van der Waals surface area (Å²) in [4.78, 5) is 0. The van der Waals surface area contributed by atoms with Crippen molar-refractivity contribution in [1.82, 2.24) is 0 Å². The van der Waals surface area contributed by atoms with Gasteiger partial charge in [-0.05, 0) is 61.4 Å². The van der Waals surface area contributed by atoms with Crippen molar-refractivity contribution in [3.8, 4) is 0 Å². The van der Waals surface area contributed by atoms with Gasteiger partial charge in [-0.2, -0.15) is 11.8 Å². The second-order valence-electron chi connectivity index (χ2n) is 5.23. The first-order chi connectivity index (χ1) is 6.27. The van der Waals surface area contributed by atoms with Gasteiger partial charge in [-0.25, -0.2) is 0 Å². The molecule has 0 bridgehead atoms. The lowest BCUT2D eigenvalue weighted by molar-refractivity contribution is 0.243. The van der Waals surface area contributed by atoms with Gasteiger partial charge in [-0.15, -0.1) is 0 Å². The molecule has 0 aromatic heterocycles. The Bertz CT molecular complexity index is 212. The molecule has 1 unspecified atom stereocenters. The fourth-order valence-electron chi connectivity index (χ4n) is 3.26. The highest BCUT2D eigenvalue weighted by molar-refractivity contribution is 7.99. The fraction of sp³-hybridized carbons (Fsp3) is 1.00. The van der Waals surface area contributed by atoms with Crippen molar-refractivity contribution in [2.45, 2.75) is 44.1 Å². The molecule has 1 nitrogen and oxygen atoms in total. The van der Waals surface area contributed by atoms with Crippen LogP contribution in [0, 0.1) is 11.3 Å². The maximum Gasteiger partial charge on any atom is 0.0215 e. The van der Waals surface area contributed by atoms with E-state index in [1.165, 1.54) is 50.0 Å². The molecule has 0 radical (unpaired) electrons. The molecule has 1 heterocycles. The quantitative estimate of drug-likeness (QED) is 0.735. The van der Waals surface area contributed by atoms with Gasteiger partial charge in [0, 0.05) is 5.54 Å². The molecule has 2 N–H and O–H groups in total. The largest absolute Gasteiger partial charge is 0.325 e. The maximum atomic E-state index is 6.41. The SMILES string of the molecule is NC1(C2(C3CCCSC3)CC2)CC1. The van der Waals surface area contributed by atoms with E-state index in [-0.39, 0.29) is 0 Å². The number of nitrogens with two attached hydrogens (primary N) is 1. The molecule has 1 saturated heterocycles. The average Bonchev–Trinajstić information content (AvgIpc) is 3.01. The van der Waals surface area contributed by atoms with Crippen molar-refractivity contribution in [3.05, 3.63) is 0 Å². The summed E-state index contributed by atoms with van der Waals surface area (Å²) >= 11 is 2.16. The maximum absolute atomic E-state index is 6.41. The molecule has 74 valence electrons. The van der Waals surface area contributed by atoms with Crippen molar-refractivity contribution in [3.63, 3.8) is 0 Å². The average molecular weight is 197 g/mol. The van der Waals surface area contributed by atoms with E-state index in [0.717, 1.165) is 5.92 Å². The first-order valence-corrected chi connectivity index (χ1v) is 6.79. The standard InChI is InChI=1S/C11H19NS/c12-11(5-6-11)10(3-4-10)9-2-1-7-13-8-9/h9H,1-8,12H2. The normalized spacial score (nSPS) is 39.9. The first-order valence-electron chi connectivity index (χ1n) is 5.64. The summed E-state index contributed by atoms with van der Waals surface area (Å²) in [7, 11) is 0. The predicted octanol–water partition coefficient (Wildman–Crippen LogP) is 2.40. The Labute approximate surface area is 84.8 Å². The summed E-state index contributed by atoms with van der Waals surface area (Å²) in [6.45, 7) is 0. The third-order valence-electron chi connectivity index (χ3n) is 4.51. The minimum Gasteiger partial charge on any atom is -0.325 e. The Morgan fingerprint density at radius 1 is 1.15 bits per heavy atom. The zero-order valence-corrected chi connectivity index (χ0v) is 9.04. The predicted molar refractivity (Wildman–Crippen MR) is 57.9 cm³/mol. The van der Waals surface area contributed by atoms with Gasteiger partial charge in [0.15, 0.2) is 0 Å². The second-order valence-corrected chi connectivity index (χ2v) is 6.38. The molecular weight excluding hydrogens is 178 g/mol. The lowest BCUT2D eigenvalue weighted by atomic mass is 9.79. The molecular formula is C11H19NS. The van der Waals surface area contributed by atoms with Crippen LogP contribution in [0.25, 0.3) is 0 Å². The van der Waals surface area contributed by atoms with E-state index in [9.17, 15) is 0 Å². The van der Waals surface area contributed by atoms with Gasteiger partial charge in [0.25, 0.3) is 0 Å². The summed E-state index contributed by atoms with van der Waals surface area (Å²) in [6, 6.07) is 0. The summed E-state index contributed by atoms with van der Waals surface area (Å²) in [5.74, 6) is 3.77. The molecule has 1 aliphatic heterocycles. The molecule has 2 saturated carbocycles. The van der Waals surface area contributed by atoms with E-state index in [1.807, 2.05) is 0 Å². The molecule has 2 aliphatic carbocycles. The number of rotatable bonds is 2. The van der Waals surface area contributed by atoms with Crippen LogP contribution in [0.5, 0.6) is 0 Å². The third-order valence-corrected chi connectivity index (χ3v) is 5.73. The lowest BCUT2D eigenvalue weighted by Crippen LogP contribution is -2.41. The highest BCUT2D eigenvalue weighted by atomic mass is 32.2. The van der Waals surface area contributed by atoms with Gasteiger partial charge in [0.2, 0.25) is 0 Å². The summed E-state index contributed by atoms with van der Waals surface area (Å²) in [6.07, 6.45) is 8.41. The van der Waals surface area contributed by atoms with E-state index >= 15 is 0 Å². The van der Waals surface area contributed by atoms with Crippen molar-refractivity contribution < 1.29 is 0 Å². The first kappa shape index (κ1) is 8.60. The van der Waals surface area contributed by atoms with Gasteiger partial charge in [0.1, 0.15) is 0 Å². The number of thioether (sulfide) groups is 1. The van der Waals surface area contributed by atoms with Crippen molar-refractivity contribution >= 4 is 11.8 Å². The second kappa shape index (κ2) is 2.66. The molecule has 2 heteroatoms. The van der Waals surface area contributed by atoms with Crippen LogP contribution in [0.3, 0.4) is 0 Å². The molecule has 3 aliphatic rings. The van der Waals surface area contributed by atoms with Crippen LogP contribution in [0.2, 0.25) is 0 Å². The Morgan fingerprint density at radius 2 is 1.92 bits per heavy atom. The van der Waals surface area contributed by atoms with Crippen molar-refractivity contribution in [2.24, 2.45) is 17.1 Å². The molecule has 13 heavy (non-hydrogen) atoms. The van der Waals surface area contributed by atoms with Crippen LogP contribution < -0.4 is 5.73 Å². The van der Waals surface area contributed by atoms with Crippen LogP contribution in [0.4, 0.5) is 0 Å². The van der Waals surface area contributed by atoms with Crippen LogP contribution in [0.15, 0.2) is 0 Å². The van der Waals surface area contributed by atoms with Crippen molar-refractivity contribution in [1.29, 1.82) is 0 Å². The summed E-state index contributed by atoms with van der Waals surface area (Å²) in [5, 5.41) is 0. The van der Waals surface area contributed by atoms with Crippen LogP contribution in [-0.2, 0) is 0 Å². The van der Waals surface area contributed by atoms with Gasteiger partial charge >= 0.3 is 0 Å². The Kier molecular flexibility index (Phi) is 1.76. The molecule has 3 rings (SSSR count). The number of hydrogen-bond donors (Lipinski definition) is 1. The van der Waals surface area contributed by atoms with Gasteiger partial charge < -0.3 is 5.73 Å². The molecule has 0 aromatic carbocycles. The van der Waals surface area contributed by atoms with Gasteiger partial charge in [0.05, 0.1) is 0 Å². The van der Waals surface area contributed by atoms with E-state index in [1.54, 1.807) is 0 Å². The third kappa shape index (κ3) is 1.18. The smallest absolute Gasteiger partial charge is 0.0215 e. The van der Waals surface area contributed by atoms with Gasteiger partial charge in [-0.1, -0.05) is 0 Å². The van der Waals surface area contributed by atoms with E-state index < -0.39 is 0 Å². The molecule has 1 atom stereocenters. The minimum absolute atomic E-state index is 0.301. The van der Waals surface area contributed by atoms with Crippen LogP contribution >= 0.6 is 11.8 Å². The monoisotopic (exact) mass is 197 g/mol. The van der Waals surface area contributed by atoms with Crippen LogP contribution in [-0.4, -0.2) is 17.0 Å². The van der Waals surface area contributed by atoms with E-state index in [2.05, 4.69) is 11.8 Å². The molecule has 0 amide bonds. The highest BCUT2D eigenvalue weighted by Crippen LogP contribution is 2.68.